The smallest absolute Gasteiger partial charge is 0.319 e. The van der Waals surface area contributed by atoms with E-state index in [1.54, 1.807) is 11.9 Å². The molecule has 0 radical (unpaired) electrons. The lowest BCUT2D eigenvalue weighted by atomic mass is 9.95. The number of aryl methyl sites for hydroxylation is 2. The van der Waals surface area contributed by atoms with Crippen LogP contribution in [0.1, 0.15) is 48.8 Å². The van der Waals surface area contributed by atoms with E-state index in [-0.39, 0.29) is 11.9 Å². The summed E-state index contributed by atoms with van der Waals surface area (Å²) in [5.74, 6) is 0.479. The molecule has 0 saturated carbocycles. The molecule has 1 saturated heterocycles. The van der Waals surface area contributed by atoms with Crippen LogP contribution in [0, 0.1) is 12.8 Å². The molecule has 4 amide bonds. The first-order valence-electron chi connectivity index (χ1n) is 14.4. The molecule has 4 N–H and O–H groups in total. The Morgan fingerprint density at radius 3 is 2.60 bits per heavy atom. The van der Waals surface area contributed by atoms with Crippen LogP contribution >= 0.6 is 0 Å². The van der Waals surface area contributed by atoms with Gasteiger partial charge in [-0.25, -0.2) is 4.79 Å². The zero-order valence-corrected chi connectivity index (χ0v) is 23.7. The Kier molecular flexibility index (Phi) is 10.4. The third-order valence-corrected chi connectivity index (χ3v) is 7.99. The second kappa shape index (κ2) is 14.2. The molecule has 4 bridgehead atoms. The van der Waals surface area contributed by atoms with Gasteiger partial charge in [0, 0.05) is 33.2 Å². The third-order valence-electron chi connectivity index (χ3n) is 7.99. The van der Waals surface area contributed by atoms with E-state index in [9.17, 15) is 14.4 Å². The van der Waals surface area contributed by atoms with Crippen molar-refractivity contribution in [3.8, 4) is 5.75 Å². The van der Waals surface area contributed by atoms with Crippen LogP contribution < -0.4 is 21.1 Å². The second-order valence-electron chi connectivity index (χ2n) is 11.1. The standard InChI is InChI=1S/C31H43N5O4/c1-22-10-12-26-19-25(22)20-33-30(38)28(13-11-23-7-4-3-5-8-23)34-29(37)27(32)14-17-35(2)31(39)36-16-6-9-24(21-36)15-18-40-26/h3-5,7-8,10,12,19,24,27-28H,6,9,11,13-18,20-21,32H2,1-2H3,(H,33,38)(H,34,37)/t24?,27-,28-/m0/s1. The number of urea groups is 1. The first kappa shape index (κ1) is 29.4. The molecule has 0 aliphatic carbocycles. The van der Waals surface area contributed by atoms with Gasteiger partial charge in [-0.1, -0.05) is 36.4 Å². The average Bonchev–Trinajstić information content (AvgIpc) is 2.97. The predicted octanol–water partition coefficient (Wildman–Crippen LogP) is 2.99. The second-order valence-corrected chi connectivity index (χ2v) is 11.1. The van der Waals surface area contributed by atoms with Crippen molar-refractivity contribution in [3.63, 3.8) is 0 Å². The van der Waals surface area contributed by atoms with Crippen molar-refractivity contribution < 1.29 is 19.1 Å². The highest BCUT2D eigenvalue weighted by molar-refractivity contribution is 5.89. The number of ether oxygens (including phenoxy) is 1. The van der Waals surface area contributed by atoms with E-state index in [1.807, 2.05) is 60.4 Å². The summed E-state index contributed by atoms with van der Waals surface area (Å²) in [4.78, 5) is 43.0. The summed E-state index contributed by atoms with van der Waals surface area (Å²) in [7, 11) is 1.75. The molecule has 9 nitrogen and oxygen atoms in total. The summed E-state index contributed by atoms with van der Waals surface area (Å²) >= 11 is 0. The van der Waals surface area contributed by atoms with Crippen LogP contribution in [0.2, 0.25) is 0 Å². The minimum atomic E-state index is -0.835. The van der Waals surface area contributed by atoms with Gasteiger partial charge in [-0.05, 0) is 80.2 Å². The fourth-order valence-electron chi connectivity index (χ4n) is 5.36. The number of nitrogens with two attached hydrogens (primary N) is 1. The summed E-state index contributed by atoms with van der Waals surface area (Å²) in [6, 6.07) is 14.1. The lowest BCUT2D eigenvalue weighted by Crippen LogP contribution is -2.52. The quantitative estimate of drug-likeness (QED) is 0.544. The molecular formula is C31H43N5O4. The maximum atomic E-state index is 13.3. The molecule has 2 heterocycles. The lowest BCUT2D eigenvalue weighted by molar-refractivity contribution is -0.130. The molecule has 3 atom stereocenters. The summed E-state index contributed by atoms with van der Waals surface area (Å²) in [5.41, 5.74) is 9.34. The Morgan fingerprint density at radius 2 is 1.80 bits per heavy atom. The molecule has 2 aromatic carbocycles. The van der Waals surface area contributed by atoms with Gasteiger partial charge in [0.1, 0.15) is 11.8 Å². The van der Waals surface area contributed by atoms with Crippen molar-refractivity contribution in [2.24, 2.45) is 11.7 Å². The molecule has 2 aliphatic rings. The Labute approximate surface area is 237 Å². The van der Waals surface area contributed by atoms with Crippen molar-refractivity contribution in [1.82, 2.24) is 20.4 Å². The molecule has 0 aromatic heterocycles. The number of nitrogens with one attached hydrogen (secondary N) is 2. The van der Waals surface area contributed by atoms with Crippen LogP contribution in [0.25, 0.3) is 0 Å². The number of carbonyl (C=O) groups excluding carboxylic acids is 3. The van der Waals surface area contributed by atoms with Gasteiger partial charge in [-0.2, -0.15) is 0 Å². The maximum Gasteiger partial charge on any atom is 0.319 e. The molecule has 4 rings (SSSR count). The van der Waals surface area contributed by atoms with E-state index in [2.05, 4.69) is 10.6 Å². The van der Waals surface area contributed by atoms with Crippen molar-refractivity contribution in [2.45, 2.75) is 64.1 Å². The normalized spacial score (nSPS) is 23.6. The number of hydrogen-bond acceptors (Lipinski definition) is 5. The summed E-state index contributed by atoms with van der Waals surface area (Å²) in [6.07, 6.45) is 4.26. The topological polar surface area (TPSA) is 117 Å². The molecule has 1 unspecified atom stereocenters. The molecule has 216 valence electrons. The zero-order valence-electron chi connectivity index (χ0n) is 23.7. The Balaban J connectivity index is 1.51. The van der Waals surface area contributed by atoms with E-state index in [0.29, 0.717) is 51.4 Å². The van der Waals surface area contributed by atoms with Crippen LogP contribution in [-0.2, 0) is 22.6 Å². The van der Waals surface area contributed by atoms with Crippen molar-refractivity contribution in [2.75, 3.05) is 33.3 Å². The molecule has 0 spiro atoms. The van der Waals surface area contributed by atoms with E-state index in [4.69, 9.17) is 10.5 Å². The van der Waals surface area contributed by atoms with Crippen LogP contribution in [0.4, 0.5) is 4.79 Å². The predicted molar refractivity (Wildman–Crippen MR) is 155 cm³/mol. The first-order valence-corrected chi connectivity index (χ1v) is 14.4. The van der Waals surface area contributed by atoms with Crippen LogP contribution in [0.5, 0.6) is 5.75 Å². The number of rotatable bonds is 3. The molecule has 2 aromatic rings. The fraction of sp³-hybridized carbons (Fsp3) is 0.516. The monoisotopic (exact) mass is 549 g/mol. The largest absolute Gasteiger partial charge is 0.494 e. The highest BCUT2D eigenvalue weighted by Gasteiger charge is 2.28. The van der Waals surface area contributed by atoms with E-state index in [0.717, 1.165) is 48.2 Å². The number of carbonyl (C=O) groups is 3. The first-order chi connectivity index (χ1) is 19.3. The Morgan fingerprint density at radius 1 is 1.00 bits per heavy atom. The van der Waals surface area contributed by atoms with Crippen molar-refractivity contribution >= 4 is 17.8 Å². The van der Waals surface area contributed by atoms with Gasteiger partial charge in [-0.15, -0.1) is 0 Å². The van der Waals surface area contributed by atoms with Crippen LogP contribution in [0.15, 0.2) is 48.5 Å². The minimum absolute atomic E-state index is 0.0454. The number of benzene rings is 2. The van der Waals surface area contributed by atoms with Gasteiger partial charge < -0.3 is 30.9 Å². The minimum Gasteiger partial charge on any atom is -0.494 e. The van der Waals surface area contributed by atoms with E-state index >= 15 is 0 Å². The number of nitrogens with zero attached hydrogens (tertiary/aromatic N) is 2. The zero-order chi connectivity index (χ0) is 28.5. The number of fused-ring (bicyclic) bond motifs is 4. The lowest BCUT2D eigenvalue weighted by Gasteiger charge is -2.35. The van der Waals surface area contributed by atoms with Crippen molar-refractivity contribution in [1.29, 1.82) is 0 Å². The molecule has 1 fully saturated rings. The van der Waals surface area contributed by atoms with Gasteiger partial charge >= 0.3 is 6.03 Å². The van der Waals surface area contributed by atoms with Crippen LogP contribution in [-0.4, -0.2) is 73.0 Å². The third kappa shape index (κ3) is 8.21. The number of amides is 4. The van der Waals surface area contributed by atoms with Crippen molar-refractivity contribution in [3.05, 3.63) is 65.2 Å². The Hall–Kier alpha value is -3.59. The molecular weight excluding hydrogens is 506 g/mol. The van der Waals surface area contributed by atoms with Gasteiger partial charge in [0.05, 0.1) is 12.6 Å². The van der Waals surface area contributed by atoms with Gasteiger partial charge in [0.15, 0.2) is 0 Å². The molecule has 9 heteroatoms. The molecule has 2 aliphatic heterocycles. The highest BCUT2D eigenvalue weighted by atomic mass is 16.5. The maximum absolute atomic E-state index is 13.3. The fourth-order valence-corrected chi connectivity index (χ4v) is 5.36. The number of hydrogen-bond donors (Lipinski definition) is 3. The summed E-state index contributed by atoms with van der Waals surface area (Å²) in [6.45, 7) is 4.68. The summed E-state index contributed by atoms with van der Waals surface area (Å²) < 4.78 is 6.09. The number of piperidine rings is 1. The highest BCUT2D eigenvalue weighted by Crippen LogP contribution is 2.23. The van der Waals surface area contributed by atoms with E-state index < -0.39 is 18.0 Å². The van der Waals surface area contributed by atoms with Crippen LogP contribution in [0.3, 0.4) is 0 Å². The average molecular weight is 550 g/mol. The molecule has 40 heavy (non-hydrogen) atoms. The van der Waals surface area contributed by atoms with E-state index in [1.165, 1.54) is 0 Å². The van der Waals surface area contributed by atoms with Gasteiger partial charge in [0.2, 0.25) is 11.8 Å². The Bertz CT molecular complexity index is 1160. The summed E-state index contributed by atoms with van der Waals surface area (Å²) in [5, 5.41) is 5.89. The SMILES string of the molecule is Cc1ccc2cc1CNC(=O)[C@H](CCc1ccccc1)NC(=O)[C@@H](N)CCN(C)C(=O)N1CCCC(CCO2)C1. The van der Waals surface area contributed by atoms with Gasteiger partial charge in [0.25, 0.3) is 0 Å². The van der Waals surface area contributed by atoms with Gasteiger partial charge in [-0.3, -0.25) is 9.59 Å².